The van der Waals surface area contributed by atoms with Crippen LogP contribution in [-0.2, 0) is 4.43 Å². The molecule has 0 aromatic heterocycles. The molecule has 0 rings (SSSR count). The minimum Gasteiger partial charge on any atom is -0.418 e. The zero-order chi connectivity index (χ0) is 7.11. The molecule has 2 heteroatoms. The Morgan fingerprint density at radius 2 is 2.11 bits per heavy atom. The molecule has 0 aliphatic carbocycles. The summed E-state index contributed by atoms with van der Waals surface area (Å²) in [5.74, 6) is 0.743. The Morgan fingerprint density at radius 1 is 1.44 bits per heavy atom. The number of hydrogen-bond donors (Lipinski definition) is 0. The lowest BCUT2D eigenvalue weighted by atomic mass is 10.0. The van der Waals surface area contributed by atoms with E-state index in [-0.39, 0.29) is 0 Å². The van der Waals surface area contributed by atoms with E-state index in [4.69, 9.17) is 4.43 Å². The van der Waals surface area contributed by atoms with Crippen molar-refractivity contribution >= 4 is 10.5 Å². The minimum atomic E-state index is 0.743. The molecule has 53 valence electrons. The molecular weight excluding hydrogens is 128 g/mol. The van der Waals surface area contributed by atoms with E-state index in [0.717, 1.165) is 12.5 Å². The summed E-state index contributed by atoms with van der Waals surface area (Å²) in [6.45, 7) is 5.25. The summed E-state index contributed by atoms with van der Waals surface area (Å²) in [5, 5.41) is 0. The summed E-state index contributed by atoms with van der Waals surface area (Å²) in [4.78, 5) is 0. The number of rotatable bonds is 5. The Hall–Kier alpha value is 0.177. The molecule has 0 aliphatic rings. The maximum absolute atomic E-state index is 4.85. The van der Waals surface area contributed by atoms with E-state index in [1.807, 2.05) is 0 Å². The van der Waals surface area contributed by atoms with Gasteiger partial charge in [-0.15, -0.1) is 0 Å². The quantitative estimate of drug-likeness (QED) is 0.534. The average Bonchev–Trinajstić information content (AvgIpc) is 1.88. The molecule has 9 heavy (non-hydrogen) atoms. The highest BCUT2D eigenvalue weighted by Crippen LogP contribution is 2.09. The van der Waals surface area contributed by atoms with Gasteiger partial charge in [0.1, 0.15) is 0 Å². The van der Waals surface area contributed by atoms with Gasteiger partial charge in [0.25, 0.3) is 0 Å². The van der Waals surface area contributed by atoms with Gasteiger partial charge < -0.3 is 4.43 Å². The molecule has 0 saturated heterocycles. The molecule has 0 aromatic carbocycles. The van der Waals surface area contributed by atoms with Gasteiger partial charge in [-0.2, -0.15) is 0 Å². The van der Waals surface area contributed by atoms with Gasteiger partial charge in [-0.3, -0.25) is 0 Å². The highest BCUT2D eigenvalue weighted by Gasteiger charge is 2.01. The summed E-state index contributed by atoms with van der Waals surface area (Å²) < 4.78 is 4.85. The van der Waals surface area contributed by atoms with E-state index in [2.05, 4.69) is 24.3 Å². The van der Waals surface area contributed by atoms with Crippen molar-refractivity contribution in [3.8, 4) is 0 Å². The summed E-state index contributed by atoms with van der Waals surface area (Å²) >= 11 is 0. The molecule has 0 aromatic rings. The second-order valence-electron chi connectivity index (χ2n) is 2.37. The van der Waals surface area contributed by atoms with E-state index < -0.39 is 0 Å². The average molecular weight is 143 g/mol. The van der Waals surface area contributed by atoms with Crippen molar-refractivity contribution in [1.29, 1.82) is 0 Å². The first kappa shape index (κ1) is 9.18. The molecule has 0 spiro atoms. The Kier molecular flexibility index (Phi) is 6.42. The van der Waals surface area contributed by atoms with Crippen LogP contribution >= 0.6 is 0 Å². The third kappa shape index (κ3) is 4.67. The van der Waals surface area contributed by atoms with Crippen LogP contribution < -0.4 is 0 Å². The maximum atomic E-state index is 4.85. The lowest BCUT2D eigenvalue weighted by Crippen LogP contribution is -2.06. The molecule has 0 heterocycles. The predicted molar refractivity (Wildman–Crippen MR) is 40.4 cm³/mol. The normalized spacial score (nSPS) is 13.7. The molecule has 1 atom stereocenters. The fourth-order valence-electron chi connectivity index (χ4n) is 0.931. The third-order valence-electron chi connectivity index (χ3n) is 1.59. The first-order chi connectivity index (χ1) is 4.35. The van der Waals surface area contributed by atoms with Crippen LogP contribution in [0.1, 0.15) is 33.1 Å². The molecule has 1 unspecified atom stereocenters. The SMILES string of the molecule is CCCC(CC)CO[Si]. The van der Waals surface area contributed by atoms with Gasteiger partial charge in [0.2, 0.25) is 10.5 Å². The van der Waals surface area contributed by atoms with Crippen LogP contribution in [0.2, 0.25) is 0 Å². The van der Waals surface area contributed by atoms with Crippen molar-refractivity contribution in [2.45, 2.75) is 33.1 Å². The van der Waals surface area contributed by atoms with Crippen LogP contribution in [0.3, 0.4) is 0 Å². The van der Waals surface area contributed by atoms with Gasteiger partial charge in [0, 0.05) is 6.61 Å². The van der Waals surface area contributed by atoms with E-state index in [0.29, 0.717) is 0 Å². The molecule has 0 fully saturated rings. The van der Waals surface area contributed by atoms with Gasteiger partial charge in [-0.25, -0.2) is 0 Å². The summed E-state index contributed by atoms with van der Waals surface area (Å²) in [5.41, 5.74) is 0. The van der Waals surface area contributed by atoms with Crippen molar-refractivity contribution in [3.63, 3.8) is 0 Å². The van der Waals surface area contributed by atoms with Gasteiger partial charge in [0.15, 0.2) is 0 Å². The molecule has 0 aliphatic heterocycles. The molecule has 0 bridgehead atoms. The van der Waals surface area contributed by atoms with E-state index in [1.165, 1.54) is 19.3 Å². The van der Waals surface area contributed by atoms with E-state index in [1.54, 1.807) is 0 Å². The zero-order valence-electron chi connectivity index (χ0n) is 6.31. The molecule has 0 saturated carbocycles. The maximum Gasteiger partial charge on any atom is 0.246 e. The van der Waals surface area contributed by atoms with Crippen LogP contribution in [-0.4, -0.2) is 17.1 Å². The second kappa shape index (κ2) is 6.30. The summed E-state index contributed by atoms with van der Waals surface area (Å²) in [6, 6.07) is 0. The predicted octanol–water partition coefficient (Wildman–Crippen LogP) is 1.91. The lowest BCUT2D eigenvalue weighted by molar-refractivity contribution is 0.253. The van der Waals surface area contributed by atoms with Crippen LogP contribution in [0.5, 0.6) is 0 Å². The largest absolute Gasteiger partial charge is 0.418 e. The van der Waals surface area contributed by atoms with Crippen molar-refractivity contribution in [3.05, 3.63) is 0 Å². The van der Waals surface area contributed by atoms with Crippen molar-refractivity contribution in [2.24, 2.45) is 5.92 Å². The van der Waals surface area contributed by atoms with Crippen LogP contribution in [0, 0.1) is 5.92 Å². The van der Waals surface area contributed by atoms with Crippen molar-refractivity contribution < 1.29 is 4.43 Å². The van der Waals surface area contributed by atoms with Gasteiger partial charge in [0.05, 0.1) is 0 Å². The van der Waals surface area contributed by atoms with Gasteiger partial charge >= 0.3 is 0 Å². The van der Waals surface area contributed by atoms with Crippen molar-refractivity contribution in [2.75, 3.05) is 6.61 Å². The standard InChI is InChI=1S/C7H15OSi/c1-3-5-7(4-2)6-8-9/h7H,3-6H2,1-2H3. The molecule has 1 nitrogen and oxygen atoms in total. The van der Waals surface area contributed by atoms with Crippen molar-refractivity contribution in [1.82, 2.24) is 0 Å². The highest BCUT2D eigenvalue weighted by molar-refractivity contribution is 5.97. The Bertz CT molecular complexity index is 50.9. The fraction of sp³-hybridized carbons (Fsp3) is 1.00. The topological polar surface area (TPSA) is 9.23 Å². The van der Waals surface area contributed by atoms with Gasteiger partial charge in [-0.1, -0.05) is 26.7 Å². The highest BCUT2D eigenvalue weighted by atomic mass is 28.2. The molecule has 0 amide bonds. The van der Waals surface area contributed by atoms with Gasteiger partial charge in [-0.05, 0) is 12.3 Å². The van der Waals surface area contributed by atoms with Crippen LogP contribution in [0.25, 0.3) is 0 Å². The monoisotopic (exact) mass is 143 g/mol. The minimum absolute atomic E-state index is 0.743. The third-order valence-corrected chi connectivity index (χ3v) is 1.76. The molecular formula is C7H15OSi. The zero-order valence-corrected chi connectivity index (χ0v) is 7.31. The van der Waals surface area contributed by atoms with E-state index >= 15 is 0 Å². The Labute approximate surface area is 61.3 Å². The first-order valence-electron chi connectivity index (χ1n) is 3.63. The smallest absolute Gasteiger partial charge is 0.246 e. The fourth-order valence-corrected chi connectivity index (χ4v) is 1.17. The molecule has 3 radical (unpaired) electrons. The van der Waals surface area contributed by atoms with E-state index in [9.17, 15) is 0 Å². The Morgan fingerprint density at radius 3 is 2.44 bits per heavy atom. The lowest BCUT2D eigenvalue weighted by Gasteiger charge is -2.10. The second-order valence-corrected chi connectivity index (χ2v) is 2.66. The number of hydrogen-bond acceptors (Lipinski definition) is 1. The van der Waals surface area contributed by atoms with Crippen LogP contribution in [0.15, 0.2) is 0 Å². The summed E-state index contributed by atoms with van der Waals surface area (Å²) in [7, 11) is 3.00. The molecule has 0 N–H and O–H groups in total. The first-order valence-corrected chi connectivity index (χ1v) is 4.04. The summed E-state index contributed by atoms with van der Waals surface area (Å²) in [6.07, 6.45) is 3.76. The van der Waals surface area contributed by atoms with Crippen LogP contribution in [0.4, 0.5) is 0 Å². The Balaban J connectivity index is 3.18.